The number of pyridine rings is 1. The summed E-state index contributed by atoms with van der Waals surface area (Å²) < 4.78 is 6.03. The van der Waals surface area contributed by atoms with E-state index in [0.717, 1.165) is 24.6 Å². The summed E-state index contributed by atoms with van der Waals surface area (Å²) in [6.07, 6.45) is 2.08. The SMILES string of the molecule is CN=C(NCCC(=O)Nc1ccc(C)cn1)N1CCOC(c2ccc(C)cc2C)C1.I. The second-order valence-corrected chi connectivity index (χ2v) is 7.66. The van der Waals surface area contributed by atoms with Crippen molar-refractivity contribution in [3.8, 4) is 0 Å². The van der Waals surface area contributed by atoms with E-state index in [4.69, 9.17) is 4.74 Å². The van der Waals surface area contributed by atoms with Crippen molar-refractivity contribution >= 4 is 41.7 Å². The van der Waals surface area contributed by atoms with Gasteiger partial charge in [0.15, 0.2) is 5.96 Å². The summed E-state index contributed by atoms with van der Waals surface area (Å²) in [4.78, 5) is 23.0. The number of carbonyl (C=O) groups is 1. The van der Waals surface area contributed by atoms with Crippen molar-refractivity contribution in [3.63, 3.8) is 0 Å². The van der Waals surface area contributed by atoms with Gasteiger partial charge in [-0.25, -0.2) is 4.98 Å². The van der Waals surface area contributed by atoms with E-state index in [1.165, 1.54) is 16.7 Å². The monoisotopic (exact) mass is 537 g/mol. The Hall–Kier alpha value is -2.20. The Balaban J connectivity index is 0.00000341. The molecule has 0 bridgehead atoms. The van der Waals surface area contributed by atoms with Crippen LogP contribution in [-0.4, -0.2) is 55.0 Å². The molecule has 1 amide bonds. The minimum absolute atomic E-state index is 0. The van der Waals surface area contributed by atoms with Gasteiger partial charge in [-0.05, 0) is 43.5 Å². The molecule has 168 valence electrons. The molecule has 1 aromatic heterocycles. The number of hydrogen-bond acceptors (Lipinski definition) is 4. The molecule has 2 aromatic rings. The maximum atomic E-state index is 12.2. The lowest BCUT2D eigenvalue weighted by Crippen LogP contribution is -2.48. The third-order valence-electron chi connectivity index (χ3n) is 5.16. The van der Waals surface area contributed by atoms with Crippen LogP contribution >= 0.6 is 24.0 Å². The molecule has 1 aliphatic heterocycles. The third-order valence-corrected chi connectivity index (χ3v) is 5.16. The van der Waals surface area contributed by atoms with Gasteiger partial charge in [0.2, 0.25) is 5.91 Å². The predicted octanol–water partition coefficient (Wildman–Crippen LogP) is 3.60. The van der Waals surface area contributed by atoms with Crippen molar-refractivity contribution in [1.82, 2.24) is 15.2 Å². The average molecular weight is 537 g/mol. The van der Waals surface area contributed by atoms with Crippen molar-refractivity contribution < 1.29 is 9.53 Å². The topological polar surface area (TPSA) is 78.8 Å². The Morgan fingerprint density at radius 1 is 1.23 bits per heavy atom. The number of guanidine groups is 1. The molecule has 0 saturated carbocycles. The highest BCUT2D eigenvalue weighted by molar-refractivity contribution is 14.0. The van der Waals surface area contributed by atoms with Crippen molar-refractivity contribution in [1.29, 1.82) is 0 Å². The molecule has 0 radical (unpaired) electrons. The number of ether oxygens (including phenoxy) is 1. The molecule has 0 spiro atoms. The van der Waals surface area contributed by atoms with Crippen molar-refractivity contribution in [3.05, 3.63) is 58.8 Å². The lowest BCUT2D eigenvalue weighted by atomic mass is 10.00. The molecule has 2 heterocycles. The predicted molar refractivity (Wildman–Crippen MR) is 135 cm³/mol. The highest BCUT2D eigenvalue weighted by atomic mass is 127. The van der Waals surface area contributed by atoms with Gasteiger partial charge in [0, 0.05) is 32.8 Å². The second-order valence-electron chi connectivity index (χ2n) is 7.66. The first-order chi connectivity index (χ1) is 14.5. The Kier molecular flexibility index (Phi) is 9.70. The number of carbonyl (C=O) groups excluding carboxylic acids is 1. The number of nitrogens with zero attached hydrogens (tertiary/aromatic N) is 3. The van der Waals surface area contributed by atoms with Gasteiger partial charge in [0.05, 0.1) is 13.2 Å². The van der Waals surface area contributed by atoms with E-state index in [9.17, 15) is 4.79 Å². The number of nitrogens with one attached hydrogen (secondary N) is 2. The summed E-state index contributed by atoms with van der Waals surface area (Å²) in [7, 11) is 1.76. The molecule has 31 heavy (non-hydrogen) atoms. The summed E-state index contributed by atoms with van der Waals surface area (Å²) in [5, 5.41) is 6.12. The van der Waals surface area contributed by atoms with E-state index in [1.807, 2.05) is 13.0 Å². The number of amides is 1. The Morgan fingerprint density at radius 3 is 2.68 bits per heavy atom. The molecule has 8 heteroatoms. The number of halogens is 1. The van der Waals surface area contributed by atoms with Crippen LogP contribution in [0.2, 0.25) is 0 Å². The summed E-state index contributed by atoms with van der Waals surface area (Å²) in [5.74, 6) is 1.28. The molecule has 1 atom stereocenters. The maximum Gasteiger partial charge on any atom is 0.227 e. The van der Waals surface area contributed by atoms with Crippen LogP contribution in [0, 0.1) is 20.8 Å². The number of benzene rings is 1. The van der Waals surface area contributed by atoms with Crippen LogP contribution in [0.5, 0.6) is 0 Å². The second kappa shape index (κ2) is 12.0. The maximum absolute atomic E-state index is 12.2. The van der Waals surface area contributed by atoms with Crippen LogP contribution in [0.25, 0.3) is 0 Å². The first kappa shape index (κ1) is 25.1. The van der Waals surface area contributed by atoms with E-state index >= 15 is 0 Å². The molecule has 1 fully saturated rings. The third kappa shape index (κ3) is 7.17. The van der Waals surface area contributed by atoms with Crippen LogP contribution in [0.3, 0.4) is 0 Å². The minimum Gasteiger partial charge on any atom is -0.370 e. The zero-order chi connectivity index (χ0) is 21.5. The zero-order valence-electron chi connectivity index (χ0n) is 18.6. The van der Waals surface area contributed by atoms with Crippen LogP contribution in [0.15, 0.2) is 41.5 Å². The van der Waals surface area contributed by atoms with Crippen LogP contribution in [0.1, 0.15) is 34.8 Å². The number of aryl methyl sites for hydroxylation is 3. The van der Waals surface area contributed by atoms with Gasteiger partial charge < -0.3 is 20.3 Å². The van der Waals surface area contributed by atoms with Crippen molar-refractivity contribution in [2.45, 2.75) is 33.3 Å². The van der Waals surface area contributed by atoms with E-state index in [-0.39, 0.29) is 36.0 Å². The molecule has 1 aliphatic rings. The smallest absolute Gasteiger partial charge is 0.227 e. The molecular weight excluding hydrogens is 505 g/mol. The van der Waals surface area contributed by atoms with E-state index in [0.29, 0.717) is 25.4 Å². The molecule has 1 saturated heterocycles. The molecule has 1 unspecified atom stereocenters. The van der Waals surface area contributed by atoms with Crippen LogP contribution in [0.4, 0.5) is 5.82 Å². The Morgan fingerprint density at radius 2 is 2.00 bits per heavy atom. The van der Waals surface area contributed by atoms with Crippen molar-refractivity contribution in [2.75, 3.05) is 38.6 Å². The van der Waals surface area contributed by atoms with Crippen LogP contribution < -0.4 is 10.6 Å². The van der Waals surface area contributed by atoms with Gasteiger partial charge in [0.25, 0.3) is 0 Å². The van der Waals surface area contributed by atoms with Gasteiger partial charge in [0.1, 0.15) is 11.9 Å². The standard InChI is InChI=1S/C23H31N5O2.HI/c1-16-5-7-19(18(3)13-16)20-15-28(11-12-30-20)23(24-4)25-10-9-22(29)27-21-8-6-17(2)14-26-21;/h5-8,13-14,20H,9-12,15H2,1-4H3,(H,24,25)(H,26,27,29);1H. The Labute approximate surface area is 201 Å². The molecule has 7 nitrogen and oxygen atoms in total. The van der Waals surface area contributed by atoms with Crippen molar-refractivity contribution in [2.24, 2.45) is 4.99 Å². The van der Waals surface area contributed by atoms with Gasteiger partial charge in [-0.1, -0.05) is 29.8 Å². The summed E-state index contributed by atoms with van der Waals surface area (Å²) in [6, 6.07) is 10.2. The quantitative estimate of drug-likeness (QED) is 0.346. The first-order valence-corrected chi connectivity index (χ1v) is 10.3. The van der Waals surface area contributed by atoms with Crippen LogP contribution in [-0.2, 0) is 9.53 Å². The molecule has 1 aromatic carbocycles. The van der Waals surface area contributed by atoms with E-state index < -0.39 is 0 Å². The minimum atomic E-state index is -0.0792. The number of morpholine rings is 1. The number of hydrogen-bond donors (Lipinski definition) is 2. The highest BCUT2D eigenvalue weighted by Gasteiger charge is 2.25. The van der Waals surface area contributed by atoms with Gasteiger partial charge in [-0.15, -0.1) is 24.0 Å². The van der Waals surface area contributed by atoms with Gasteiger partial charge >= 0.3 is 0 Å². The van der Waals surface area contributed by atoms with Gasteiger partial charge in [-0.2, -0.15) is 0 Å². The fourth-order valence-electron chi connectivity index (χ4n) is 3.58. The fraction of sp³-hybridized carbons (Fsp3) is 0.435. The summed E-state index contributed by atoms with van der Waals surface area (Å²) in [5.41, 5.74) is 4.76. The average Bonchev–Trinajstić information content (AvgIpc) is 2.73. The first-order valence-electron chi connectivity index (χ1n) is 10.3. The Bertz CT molecular complexity index is 901. The summed E-state index contributed by atoms with van der Waals surface area (Å²) in [6.45, 7) is 8.81. The molecular formula is C23H32IN5O2. The molecule has 3 rings (SSSR count). The largest absolute Gasteiger partial charge is 0.370 e. The zero-order valence-corrected chi connectivity index (χ0v) is 21.0. The molecule has 0 aliphatic carbocycles. The number of aromatic nitrogens is 1. The normalized spacial score (nSPS) is 16.5. The van der Waals surface area contributed by atoms with E-state index in [2.05, 4.69) is 57.6 Å². The number of anilines is 1. The lowest BCUT2D eigenvalue weighted by molar-refractivity contribution is -0.116. The van der Waals surface area contributed by atoms with E-state index in [1.54, 1.807) is 19.3 Å². The van der Waals surface area contributed by atoms with Gasteiger partial charge in [-0.3, -0.25) is 9.79 Å². The number of aliphatic imine (C=N–C) groups is 1. The highest BCUT2D eigenvalue weighted by Crippen LogP contribution is 2.25. The molecule has 2 N–H and O–H groups in total. The fourth-order valence-corrected chi connectivity index (χ4v) is 3.58. The summed E-state index contributed by atoms with van der Waals surface area (Å²) >= 11 is 0. The number of rotatable bonds is 5. The lowest BCUT2D eigenvalue weighted by Gasteiger charge is -2.35.